The number of halogens is 1. The van der Waals surface area contributed by atoms with Crippen LogP contribution in [0.4, 0.5) is 4.39 Å². The topological polar surface area (TPSA) is 40.5 Å². The van der Waals surface area contributed by atoms with Gasteiger partial charge in [0, 0.05) is 19.2 Å². The third-order valence-corrected chi connectivity index (χ3v) is 3.39. The van der Waals surface area contributed by atoms with Gasteiger partial charge in [-0.1, -0.05) is 6.07 Å². The Morgan fingerprint density at radius 3 is 2.78 bits per heavy atom. The zero-order chi connectivity index (χ0) is 13.3. The first-order valence-corrected chi connectivity index (χ1v) is 6.18. The summed E-state index contributed by atoms with van der Waals surface area (Å²) in [6.07, 6.45) is 1.60. The molecule has 2 rings (SSSR count). The number of aliphatic hydroxyl groups excluding tert-OH is 1. The number of amides is 1. The van der Waals surface area contributed by atoms with Gasteiger partial charge in [0.25, 0.3) is 5.91 Å². The lowest BCUT2D eigenvalue weighted by atomic mass is 10.1. The molecular formula is C14H18FNO2. The Hall–Kier alpha value is -1.42. The highest BCUT2D eigenvalue weighted by molar-refractivity contribution is 5.94. The molecule has 1 unspecified atom stereocenters. The van der Waals surface area contributed by atoms with Crippen LogP contribution in [-0.4, -0.2) is 35.6 Å². The van der Waals surface area contributed by atoms with Crippen molar-refractivity contribution in [3.63, 3.8) is 0 Å². The van der Waals surface area contributed by atoms with E-state index in [1.54, 1.807) is 26.1 Å². The second kappa shape index (κ2) is 5.06. The third kappa shape index (κ3) is 2.88. The minimum absolute atomic E-state index is 0.256. The third-order valence-electron chi connectivity index (χ3n) is 3.39. The summed E-state index contributed by atoms with van der Waals surface area (Å²) in [5, 5.41) is 9.79. The molecule has 0 spiro atoms. The van der Waals surface area contributed by atoms with Crippen molar-refractivity contribution in [2.75, 3.05) is 13.6 Å². The Kier molecular flexibility index (Phi) is 3.66. The minimum atomic E-state index is -0.464. The molecule has 1 amide bonds. The fourth-order valence-electron chi connectivity index (χ4n) is 1.94. The van der Waals surface area contributed by atoms with Crippen LogP contribution in [-0.2, 0) is 0 Å². The quantitative estimate of drug-likeness (QED) is 0.889. The van der Waals surface area contributed by atoms with Crippen LogP contribution in [0.25, 0.3) is 0 Å². The molecule has 1 saturated carbocycles. The van der Waals surface area contributed by atoms with Crippen molar-refractivity contribution in [1.82, 2.24) is 4.90 Å². The fourth-order valence-corrected chi connectivity index (χ4v) is 1.94. The monoisotopic (exact) mass is 251 g/mol. The second-order valence-corrected chi connectivity index (χ2v) is 5.05. The maximum absolute atomic E-state index is 13.4. The van der Waals surface area contributed by atoms with Crippen molar-refractivity contribution in [1.29, 1.82) is 0 Å². The van der Waals surface area contributed by atoms with Gasteiger partial charge in [-0.15, -0.1) is 0 Å². The number of benzene rings is 1. The van der Waals surface area contributed by atoms with Crippen LogP contribution >= 0.6 is 0 Å². The fraction of sp³-hybridized carbons (Fsp3) is 0.500. The first-order valence-electron chi connectivity index (χ1n) is 6.18. The summed E-state index contributed by atoms with van der Waals surface area (Å²) in [5.74, 6) is -0.305. The molecule has 1 N–H and O–H groups in total. The van der Waals surface area contributed by atoms with E-state index in [-0.39, 0.29) is 11.7 Å². The molecular weight excluding hydrogens is 233 g/mol. The molecule has 0 radical (unpaired) electrons. The predicted octanol–water partition coefficient (Wildman–Crippen LogP) is 1.98. The summed E-state index contributed by atoms with van der Waals surface area (Å²) in [6, 6.07) is 4.45. The summed E-state index contributed by atoms with van der Waals surface area (Å²) >= 11 is 0. The second-order valence-electron chi connectivity index (χ2n) is 5.05. The smallest absolute Gasteiger partial charge is 0.253 e. The van der Waals surface area contributed by atoms with E-state index < -0.39 is 6.10 Å². The number of aliphatic hydroxyl groups is 1. The predicted molar refractivity (Wildman–Crippen MR) is 66.8 cm³/mol. The molecule has 1 aliphatic carbocycles. The van der Waals surface area contributed by atoms with Crippen molar-refractivity contribution < 1.29 is 14.3 Å². The van der Waals surface area contributed by atoms with Crippen LogP contribution in [0.15, 0.2) is 18.2 Å². The van der Waals surface area contributed by atoms with Crippen molar-refractivity contribution in [2.45, 2.75) is 25.9 Å². The molecule has 0 heterocycles. The van der Waals surface area contributed by atoms with Crippen LogP contribution in [0, 0.1) is 18.7 Å². The SMILES string of the molecule is Cc1ccc(C(=O)N(C)CC(O)C2CC2)cc1F. The molecule has 1 atom stereocenters. The van der Waals surface area contributed by atoms with Gasteiger partial charge in [0.05, 0.1) is 6.10 Å². The molecule has 1 fully saturated rings. The molecule has 0 aliphatic heterocycles. The first-order chi connectivity index (χ1) is 8.49. The van der Waals surface area contributed by atoms with Crippen LogP contribution < -0.4 is 0 Å². The van der Waals surface area contributed by atoms with E-state index in [1.165, 1.54) is 11.0 Å². The number of rotatable bonds is 4. The van der Waals surface area contributed by atoms with Gasteiger partial charge in [-0.2, -0.15) is 0 Å². The van der Waals surface area contributed by atoms with Gasteiger partial charge in [0.2, 0.25) is 0 Å². The van der Waals surface area contributed by atoms with E-state index in [4.69, 9.17) is 0 Å². The number of likely N-dealkylation sites (N-methyl/N-ethyl adjacent to an activating group) is 1. The van der Waals surface area contributed by atoms with Crippen LogP contribution in [0.5, 0.6) is 0 Å². The largest absolute Gasteiger partial charge is 0.391 e. The summed E-state index contributed by atoms with van der Waals surface area (Å²) in [6.45, 7) is 1.96. The standard InChI is InChI=1S/C14H18FNO2/c1-9-3-4-11(7-12(9)15)14(18)16(2)8-13(17)10-5-6-10/h3-4,7,10,13,17H,5-6,8H2,1-2H3. The molecule has 1 aromatic carbocycles. The molecule has 1 aliphatic rings. The van der Waals surface area contributed by atoms with Crippen LogP contribution in [0.2, 0.25) is 0 Å². The highest BCUT2D eigenvalue weighted by Gasteiger charge is 2.31. The molecule has 0 saturated heterocycles. The number of nitrogens with zero attached hydrogens (tertiary/aromatic N) is 1. The Morgan fingerprint density at radius 2 is 2.22 bits per heavy atom. The van der Waals surface area contributed by atoms with E-state index in [0.717, 1.165) is 12.8 Å². The van der Waals surface area contributed by atoms with E-state index in [0.29, 0.717) is 23.6 Å². The van der Waals surface area contributed by atoms with Crippen LogP contribution in [0.1, 0.15) is 28.8 Å². The van der Waals surface area contributed by atoms with Crippen LogP contribution in [0.3, 0.4) is 0 Å². The van der Waals surface area contributed by atoms with Gasteiger partial charge >= 0.3 is 0 Å². The molecule has 0 bridgehead atoms. The number of aryl methyl sites for hydroxylation is 1. The first kappa shape index (κ1) is 13.0. The molecule has 98 valence electrons. The molecule has 18 heavy (non-hydrogen) atoms. The Bertz CT molecular complexity index is 457. The number of hydrogen-bond acceptors (Lipinski definition) is 2. The molecule has 1 aromatic rings. The zero-order valence-electron chi connectivity index (χ0n) is 10.7. The number of carbonyl (C=O) groups excluding carboxylic acids is 1. The van der Waals surface area contributed by atoms with Crippen molar-refractivity contribution in [3.8, 4) is 0 Å². The lowest BCUT2D eigenvalue weighted by Gasteiger charge is -2.20. The average Bonchev–Trinajstić information content (AvgIpc) is 3.15. The maximum atomic E-state index is 13.4. The van der Waals surface area contributed by atoms with Crippen molar-refractivity contribution in [2.24, 2.45) is 5.92 Å². The van der Waals surface area contributed by atoms with Gasteiger partial charge in [-0.05, 0) is 43.4 Å². The van der Waals surface area contributed by atoms with Gasteiger partial charge in [0.15, 0.2) is 0 Å². The Labute approximate surface area is 106 Å². The lowest BCUT2D eigenvalue weighted by molar-refractivity contribution is 0.0645. The van der Waals surface area contributed by atoms with E-state index in [2.05, 4.69) is 0 Å². The zero-order valence-corrected chi connectivity index (χ0v) is 10.7. The summed E-state index contributed by atoms with van der Waals surface area (Å²) in [7, 11) is 1.63. The van der Waals surface area contributed by atoms with Gasteiger partial charge in [0.1, 0.15) is 5.82 Å². The highest BCUT2D eigenvalue weighted by Crippen LogP contribution is 2.32. The minimum Gasteiger partial charge on any atom is -0.391 e. The number of carbonyl (C=O) groups is 1. The van der Waals surface area contributed by atoms with E-state index in [9.17, 15) is 14.3 Å². The van der Waals surface area contributed by atoms with Gasteiger partial charge < -0.3 is 10.0 Å². The summed E-state index contributed by atoms with van der Waals surface area (Å²) < 4.78 is 13.4. The normalized spacial score (nSPS) is 16.4. The maximum Gasteiger partial charge on any atom is 0.253 e. The summed E-state index contributed by atoms with van der Waals surface area (Å²) in [4.78, 5) is 13.5. The van der Waals surface area contributed by atoms with E-state index >= 15 is 0 Å². The summed E-state index contributed by atoms with van der Waals surface area (Å²) in [5.41, 5.74) is 0.843. The van der Waals surface area contributed by atoms with Crippen molar-refractivity contribution in [3.05, 3.63) is 35.1 Å². The van der Waals surface area contributed by atoms with Crippen molar-refractivity contribution >= 4 is 5.91 Å². The van der Waals surface area contributed by atoms with E-state index in [1.807, 2.05) is 0 Å². The molecule has 4 heteroatoms. The Morgan fingerprint density at radius 1 is 1.56 bits per heavy atom. The lowest BCUT2D eigenvalue weighted by Crippen LogP contribution is -2.35. The molecule has 0 aromatic heterocycles. The Balaban J connectivity index is 2.02. The highest BCUT2D eigenvalue weighted by atomic mass is 19.1. The van der Waals surface area contributed by atoms with Gasteiger partial charge in [-0.25, -0.2) is 4.39 Å². The molecule has 3 nitrogen and oxygen atoms in total. The number of hydrogen-bond donors (Lipinski definition) is 1. The van der Waals surface area contributed by atoms with Gasteiger partial charge in [-0.3, -0.25) is 4.79 Å². The average molecular weight is 251 g/mol.